The predicted molar refractivity (Wildman–Crippen MR) is 85.1 cm³/mol. The third kappa shape index (κ3) is 3.26. The van der Waals surface area contributed by atoms with Crippen LogP contribution in [0.15, 0.2) is 36.4 Å². The number of aromatic nitrogens is 1. The van der Waals surface area contributed by atoms with E-state index < -0.39 is 0 Å². The fourth-order valence-corrected chi connectivity index (χ4v) is 2.72. The van der Waals surface area contributed by atoms with E-state index in [9.17, 15) is 0 Å². The van der Waals surface area contributed by atoms with E-state index in [0.717, 1.165) is 17.8 Å². The smallest absolute Gasteiger partial charge is 0.0592 e. The maximum Gasteiger partial charge on any atom is 0.0592 e. The highest BCUT2D eigenvalue weighted by atomic mass is 14.9. The largest absolute Gasteiger partial charge is 0.309 e. The molecule has 2 heteroatoms. The van der Waals surface area contributed by atoms with Crippen LogP contribution in [0, 0.1) is 13.8 Å². The van der Waals surface area contributed by atoms with Gasteiger partial charge in [0.1, 0.15) is 0 Å². The van der Waals surface area contributed by atoms with E-state index in [-0.39, 0.29) is 6.04 Å². The van der Waals surface area contributed by atoms with E-state index >= 15 is 0 Å². The molecule has 0 radical (unpaired) electrons. The van der Waals surface area contributed by atoms with Gasteiger partial charge in [-0.2, -0.15) is 0 Å². The van der Waals surface area contributed by atoms with Gasteiger partial charge < -0.3 is 5.32 Å². The predicted octanol–water partition coefficient (Wildman–Crippen LogP) is 3.96. The number of nitrogens with zero attached hydrogens (tertiary/aromatic N) is 1. The van der Waals surface area contributed by atoms with Gasteiger partial charge in [-0.3, -0.25) is 4.98 Å². The molecule has 1 aromatic carbocycles. The molecule has 0 aliphatic carbocycles. The first-order valence-electron chi connectivity index (χ1n) is 7.36. The molecule has 106 valence electrons. The summed E-state index contributed by atoms with van der Waals surface area (Å²) in [6, 6.07) is 13.3. The first-order chi connectivity index (χ1) is 9.65. The van der Waals surface area contributed by atoms with Crippen molar-refractivity contribution in [3.05, 3.63) is 64.5 Å². The van der Waals surface area contributed by atoms with Crippen LogP contribution in [0.25, 0.3) is 0 Å². The molecule has 2 aromatic rings. The van der Waals surface area contributed by atoms with Crippen molar-refractivity contribution in [2.24, 2.45) is 0 Å². The fraction of sp³-hybridized carbons (Fsp3) is 0.389. The van der Waals surface area contributed by atoms with E-state index in [1.54, 1.807) is 0 Å². The molecule has 0 aliphatic rings. The first kappa shape index (κ1) is 14.7. The summed E-state index contributed by atoms with van der Waals surface area (Å²) < 4.78 is 0. The summed E-state index contributed by atoms with van der Waals surface area (Å²) >= 11 is 0. The number of rotatable bonds is 5. The summed E-state index contributed by atoms with van der Waals surface area (Å²) in [6.45, 7) is 6.34. The molecule has 1 aromatic heterocycles. The summed E-state index contributed by atoms with van der Waals surface area (Å²) in [6.07, 6.45) is 2.31. The summed E-state index contributed by atoms with van der Waals surface area (Å²) in [5, 5.41) is 3.42. The summed E-state index contributed by atoms with van der Waals surface area (Å²) in [5.74, 6) is 0. The average molecular weight is 268 g/mol. The van der Waals surface area contributed by atoms with Crippen molar-refractivity contribution in [3.63, 3.8) is 0 Å². The maximum absolute atomic E-state index is 4.59. The van der Waals surface area contributed by atoms with Gasteiger partial charge in [0.25, 0.3) is 0 Å². The van der Waals surface area contributed by atoms with Gasteiger partial charge in [-0.25, -0.2) is 0 Å². The van der Waals surface area contributed by atoms with Gasteiger partial charge >= 0.3 is 0 Å². The van der Waals surface area contributed by atoms with Crippen molar-refractivity contribution >= 4 is 0 Å². The van der Waals surface area contributed by atoms with Gasteiger partial charge in [-0.15, -0.1) is 0 Å². The topological polar surface area (TPSA) is 24.9 Å². The van der Waals surface area contributed by atoms with Crippen LogP contribution in [0.5, 0.6) is 0 Å². The molecule has 0 saturated carbocycles. The Kier molecular flexibility index (Phi) is 4.91. The number of hydrogen-bond acceptors (Lipinski definition) is 2. The van der Waals surface area contributed by atoms with E-state index in [1.807, 2.05) is 14.0 Å². The lowest BCUT2D eigenvalue weighted by atomic mass is 9.95. The number of benzene rings is 1. The average Bonchev–Trinajstić information content (AvgIpc) is 2.43. The van der Waals surface area contributed by atoms with Crippen molar-refractivity contribution in [3.8, 4) is 0 Å². The lowest BCUT2D eigenvalue weighted by molar-refractivity contribution is 0.680. The quantitative estimate of drug-likeness (QED) is 0.888. The Hall–Kier alpha value is -1.67. The molecule has 1 heterocycles. The molecule has 0 fully saturated rings. The van der Waals surface area contributed by atoms with Crippen molar-refractivity contribution < 1.29 is 0 Å². The normalized spacial score (nSPS) is 12.4. The van der Waals surface area contributed by atoms with Crippen LogP contribution in [-0.4, -0.2) is 12.0 Å². The maximum atomic E-state index is 4.59. The highest BCUT2D eigenvalue weighted by Crippen LogP contribution is 2.25. The van der Waals surface area contributed by atoms with Gasteiger partial charge in [0.15, 0.2) is 0 Å². The Labute approximate surface area is 122 Å². The minimum Gasteiger partial charge on any atom is -0.309 e. The second kappa shape index (κ2) is 6.67. The SMILES string of the molecule is CCCc1cccc(C(NC)c2ccc(C)nc2C)c1. The molecule has 1 N–H and O–H groups in total. The highest BCUT2D eigenvalue weighted by Gasteiger charge is 2.15. The van der Waals surface area contributed by atoms with Gasteiger partial charge in [-0.05, 0) is 50.1 Å². The van der Waals surface area contributed by atoms with Crippen LogP contribution >= 0.6 is 0 Å². The van der Waals surface area contributed by atoms with Gasteiger partial charge in [0.2, 0.25) is 0 Å². The second-order valence-corrected chi connectivity index (χ2v) is 5.34. The second-order valence-electron chi connectivity index (χ2n) is 5.34. The zero-order valence-electron chi connectivity index (χ0n) is 12.9. The van der Waals surface area contributed by atoms with E-state index in [2.05, 4.69) is 60.5 Å². The van der Waals surface area contributed by atoms with Gasteiger partial charge in [-0.1, -0.05) is 43.7 Å². The van der Waals surface area contributed by atoms with Crippen molar-refractivity contribution in [2.45, 2.75) is 39.7 Å². The van der Waals surface area contributed by atoms with Crippen LogP contribution in [-0.2, 0) is 6.42 Å². The van der Waals surface area contributed by atoms with Crippen LogP contribution in [0.4, 0.5) is 0 Å². The molecule has 2 nitrogen and oxygen atoms in total. The molecular formula is C18H24N2. The Balaban J connectivity index is 2.38. The third-order valence-electron chi connectivity index (χ3n) is 3.69. The Bertz CT molecular complexity index is 575. The number of pyridine rings is 1. The zero-order chi connectivity index (χ0) is 14.5. The van der Waals surface area contributed by atoms with E-state index in [4.69, 9.17) is 0 Å². The van der Waals surface area contributed by atoms with E-state index in [0.29, 0.717) is 0 Å². The molecule has 0 amide bonds. The number of nitrogens with one attached hydrogen (secondary N) is 1. The molecule has 0 spiro atoms. The van der Waals surface area contributed by atoms with Crippen LogP contribution < -0.4 is 5.32 Å². The highest BCUT2D eigenvalue weighted by molar-refractivity contribution is 5.36. The molecule has 1 unspecified atom stereocenters. The number of hydrogen-bond donors (Lipinski definition) is 1. The van der Waals surface area contributed by atoms with Crippen LogP contribution in [0.1, 0.15) is 47.5 Å². The van der Waals surface area contributed by atoms with Gasteiger partial charge in [0, 0.05) is 11.4 Å². The van der Waals surface area contributed by atoms with Gasteiger partial charge in [0.05, 0.1) is 6.04 Å². The fourth-order valence-electron chi connectivity index (χ4n) is 2.72. The minimum absolute atomic E-state index is 0.208. The third-order valence-corrected chi connectivity index (χ3v) is 3.69. The van der Waals surface area contributed by atoms with Crippen LogP contribution in [0.3, 0.4) is 0 Å². The number of aryl methyl sites for hydroxylation is 3. The summed E-state index contributed by atoms with van der Waals surface area (Å²) in [4.78, 5) is 4.59. The summed E-state index contributed by atoms with van der Waals surface area (Å²) in [7, 11) is 2.01. The van der Waals surface area contributed by atoms with Crippen molar-refractivity contribution in [2.75, 3.05) is 7.05 Å². The lowest BCUT2D eigenvalue weighted by Gasteiger charge is -2.20. The monoisotopic (exact) mass is 268 g/mol. The van der Waals surface area contributed by atoms with E-state index in [1.165, 1.54) is 23.1 Å². The molecular weight excluding hydrogens is 244 g/mol. The van der Waals surface area contributed by atoms with Crippen LogP contribution in [0.2, 0.25) is 0 Å². The Morgan fingerprint density at radius 2 is 1.95 bits per heavy atom. The molecule has 20 heavy (non-hydrogen) atoms. The molecule has 1 atom stereocenters. The zero-order valence-corrected chi connectivity index (χ0v) is 12.9. The molecule has 0 saturated heterocycles. The standard InChI is InChI=1S/C18H24N2/c1-5-7-15-8-6-9-16(12-15)18(19-4)17-11-10-13(2)20-14(17)3/h6,8-12,18-19H,5,7H2,1-4H3. The molecule has 0 aliphatic heterocycles. The lowest BCUT2D eigenvalue weighted by Crippen LogP contribution is -2.19. The summed E-state index contributed by atoms with van der Waals surface area (Å²) in [5.41, 5.74) is 6.15. The molecule has 2 rings (SSSR count). The molecule has 0 bridgehead atoms. The van der Waals surface area contributed by atoms with Crippen molar-refractivity contribution in [1.82, 2.24) is 10.3 Å². The van der Waals surface area contributed by atoms with Crippen molar-refractivity contribution in [1.29, 1.82) is 0 Å². The minimum atomic E-state index is 0.208. The Morgan fingerprint density at radius 1 is 1.15 bits per heavy atom. The Morgan fingerprint density at radius 3 is 2.60 bits per heavy atom. The first-order valence-corrected chi connectivity index (χ1v) is 7.36.